The van der Waals surface area contributed by atoms with E-state index in [1.165, 1.54) is 49.9 Å². The summed E-state index contributed by atoms with van der Waals surface area (Å²) in [6.45, 7) is 3.85. The summed E-state index contributed by atoms with van der Waals surface area (Å²) in [5.41, 5.74) is 0.929. The lowest BCUT2D eigenvalue weighted by atomic mass is 10.1. The van der Waals surface area contributed by atoms with Crippen LogP contribution >= 0.6 is 23.7 Å². The average Bonchev–Trinajstić information content (AvgIpc) is 2.71. The monoisotopic (exact) mass is 361 g/mol. The van der Waals surface area contributed by atoms with Crippen LogP contribution in [0.25, 0.3) is 0 Å². The molecule has 1 aromatic rings. The Morgan fingerprint density at radius 2 is 1.96 bits per heavy atom. The zero-order chi connectivity index (χ0) is 15.8. The second-order valence-corrected chi connectivity index (χ2v) is 6.86. The zero-order valence-electron chi connectivity index (χ0n) is 13.8. The highest BCUT2D eigenvalue weighted by atomic mass is 35.5. The number of amides is 1. The fourth-order valence-electron chi connectivity index (χ4n) is 2.94. The molecule has 0 aromatic carbocycles. The highest BCUT2D eigenvalue weighted by Crippen LogP contribution is 2.16. The van der Waals surface area contributed by atoms with Crippen molar-refractivity contribution in [1.29, 1.82) is 0 Å². The van der Waals surface area contributed by atoms with E-state index in [4.69, 9.17) is 0 Å². The average molecular weight is 362 g/mol. The van der Waals surface area contributed by atoms with Crippen molar-refractivity contribution < 1.29 is 4.79 Å². The Labute approximate surface area is 148 Å². The molecule has 1 saturated carbocycles. The number of halogens is 1. The van der Waals surface area contributed by atoms with Crippen LogP contribution in [-0.2, 0) is 11.3 Å². The molecular formula is C16H28ClN3O2S. The van der Waals surface area contributed by atoms with E-state index in [0.29, 0.717) is 25.6 Å². The molecule has 0 aliphatic heterocycles. The molecule has 1 heterocycles. The summed E-state index contributed by atoms with van der Waals surface area (Å²) in [6, 6.07) is 0.617. The molecule has 0 saturated heterocycles. The van der Waals surface area contributed by atoms with E-state index in [-0.39, 0.29) is 23.2 Å². The zero-order valence-corrected chi connectivity index (χ0v) is 15.4. The maximum atomic E-state index is 11.8. The molecule has 0 unspecified atom stereocenters. The maximum Gasteiger partial charge on any atom is 0.307 e. The molecule has 1 fully saturated rings. The van der Waals surface area contributed by atoms with Crippen LogP contribution in [0.3, 0.4) is 0 Å². The van der Waals surface area contributed by atoms with Crippen molar-refractivity contribution >= 4 is 29.7 Å². The van der Waals surface area contributed by atoms with Crippen LogP contribution < -0.4 is 15.5 Å². The smallest absolute Gasteiger partial charge is 0.307 e. The van der Waals surface area contributed by atoms with E-state index in [2.05, 4.69) is 10.6 Å². The molecule has 2 rings (SSSR count). The molecule has 1 aromatic heterocycles. The Morgan fingerprint density at radius 1 is 1.26 bits per heavy atom. The summed E-state index contributed by atoms with van der Waals surface area (Å²) < 4.78 is 1.66. The van der Waals surface area contributed by atoms with E-state index < -0.39 is 0 Å². The van der Waals surface area contributed by atoms with Gasteiger partial charge in [0, 0.05) is 43.2 Å². The first-order chi connectivity index (χ1) is 10.7. The SMILES string of the molecule is Cc1csc(=O)n1CCC(=O)NCCNC1CCCCCC1.Cl. The van der Waals surface area contributed by atoms with Crippen LogP contribution in [-0.4, -0.2) is 29.6 Å². The first-order valence-electron chi connectivity index (χ1n) is 8.32. The van der Waals surface area contributed by atoms with Crippen molar-refractivity contribution in [3.05, 3.63) is 20.7 Å². The highest BCUT2D eigenvalue weighted by Gasteiger charge is 2.11. The van der Waals surface area contributed by atoms with Crippen molar-refractivity contribution in [2.24, 2.45) is 0 Å². The number of carbonyl (C=O) groups excluding carboxylic acids is 1. The minimum absolute atomic E-state index is 0. The number of nitrogens with zero attached hydrogens (tertiary/aromatic N) is 1. The maximum absolute atomic E-state index is 11.8. The van der Waals surface area contributed by atoms with E-state index in [0.717, 1.165) is 12.2 Å². The van der Waals surface area contributed by atoms with Gasteiger partial charge in [-0.2, -0.15) is 0 Å². The molecule has 2 N–H and O–H groups in total. The summed E-state index contributed by atoms with van der Waals surface area (Å²) in [6.07, 6.45) is 8.23. The summed E-state index contributed by atoms with van der Waals surface area (Å²) >= 11 is 1.19. The number of aromatic nitrogens is 1. The molecule has 0 spiro atoms. The number of aryl methyl sites for hydroxylation is 1. The van der Waals surface area contributed by atoms with Gasteiger partial charge in [0.1, 0.15) is 0 Å². The third-order valence-corrected chi connectivity index (χ3v) is 5.16. The van der Waals surface area contributed by atoms with Gasteiger partial charge in [0.2, 0.25) is 5.91 Å². The van der Waals surface area contributed by atoms with Crippen LogP contribution in [0.15, 0.2) is 10.2 Å². The third-order valence-electron chi connectivity index (χ3n) is 4.27. The van der Waals surface area contributed by atoms with Crippen LogP contribution in [0.5, 0.6) is 0 Å². The predicted octanol–water partition coefficient (Wildman–Crippen LogP) is 2.46. The molecule has 7 heteroatoms. The second kappa shape index (κ2) is 10.8. The van der Waals surface area contributed by atoms with E-state index in [1.54, 1.807) is 4.57 Å². The van der Waals surface area contributed by atoms with E-state index in [1.807, 2.05) is 12.3 Å². The number of thiazole rings is 1. The predicted molar refractivity (Wildman–Crippen MR) is 97.7 cm³/mol. The number of carbonyl (C=O) groups is 1. The normalized spacial score (nSPS) is 15.7. The van der Waals surface area contributed by atoms with Crippen molar-refractivity contribution in [1.82, 2.24) is 15.2 Å². The molecule has 0 radical (unpaired) electrons. The lowest BCUT2D eigenvalue weighted by molar-refractivity contribution is -0.121. The van der Waals surface area contributed by atoms with Crippen LogP contribution in [0.1, 0.15) is 50.6 Å². The van der Waals surface area contributed by atoms with Gasteiger partial charge in [-0.1, -0.05) is 37.0 Å². The van der Waals surface area contributed by atoms with Crippen LogP contribution in [0, 0.1) is 6.92 Å². The Balaban J connectivity index is 0.00000264. The van der Waals surface area contributed by atoms with Gasteiger partial charge in [0.15, 0.2) is 0 Å². The summed E-state index contributed by atoms with van der Waals surface area (Å²) in [5.74, 6) is 0.0140. The summed E-state index contributed by atoms with van der Waals surface area (Å²) in [4.78, 5) is 23.4. The number of nitrogens with one attached hydrogen (secondary N) is 2. The lowest BCUT2D eigenvalue weighted by Crippen LogP contribution is -2.37. The first-order valence-corrected chi connectivity index (χ1v) is 9.20. The molecular weight excluding hydrogens is 334 g/mol. The van der Waals surface area contributed by atoms with Crippen molar-refractivity contribution in [3.63, 3.8) is 0 Å². The molecule has 23 heavy (non-hydrogen) atoms. The molecule has 132 valence electrons. The lowest BCUT2D eigenvalue weighted by Gasteiger charge is -2.16. The summed E-state index contributed by atoms with van der Waals surface area (Å²) in [5, 5.41) is 8.29. The van der Waals surface area contributed by atoms with Gasteiger partial charge in [-0.05, 0) is 19.8 Å². The second-order valence-electron chi connectivity index (χ2n) is 6.04. The van der Waals surface area contributed by atoms with Crippen molar-refractivity contribution in [2.75, 3.05) is 13.1 Å². The molecule has 0 bridgehead atoms. The van der Waals surface area contributed by atoms with E-state index in [9.17, 15) is 9.59 Å². The van der Waals surface area contributed by atoms with Crippen molar-refractivity contribution in [2.45, 2.75) is 64.5 Å². The number of rotatable bonds is 7. The Morgan fingerprint density at radius 3 is 2.57 bits per heavy atom. The van der Waals surface area contributed by atoms with Crippen LogP contribution in [0.4, 0.5) is 0 Å². The fraction of sp³-hybridized carbons (Fsp3) is 0.750. The first kappa shape index (κ1) is 20.2. The Hall–Kier alpha value is -0.850. The fourth-order valence-corrected chi connectivity index (χ4v) is 3.70. The topological polar surface area (TPSA) is 63.1 Å². The van der Waals surface area contributed by atoms with Gasteiger partial charge in [0.05, 0.1) is 0 Å². The standard InChI is InChI=1S/C16H27N3O2S.ClH/c1-13-12-22-16(21)19(13)11-8-15(20)18-10-9-17-14-6-4-2-3-5-7-14;/h12,14,17H,2-11H2,1H3,(H,18,20);1H. The molecule has 1 aliphatic rings. The van der Waals surface area contributed by atoms with Crippen LogP contribution in [0.2, 0.25) is 0 Å². The third kappa shape index (κ3) is 7.06. The summed E-state index contributed by atoms with van der Waals surface area (Å²) in [7, 11) is 0. The number of hydrogen-bond acceptors (Lipinski definition) is 4. The molecule has 1 amide bonds. The van der Waals surface area contributed by atoms with Gasteiger partial charge in [0.25, 0.3) is 0 Å². The molecule has 0 atom stereocenters. The van der Waals surface area contributed by atoms with Gasteiger partial charge in [-0.15, -0.1) is 12.4 Å². The number of hydrogen-bond donors (Lipinski definition) is 2. The quantitative estimate of drug-likeness (QED) is 0.579. The molecule has 1 aliphatic carbocycles. The minimum Gasteiger partial charge on any atom is -0.355 e. The van der Waals surface area contributed by atoms with Gasteiger partial charge in [-0.25, -0.2) is 0 Å². The minimum atomic E-state index is 0. The van der Waals surface area contributed by atoms with Crippen molar-refractivity contribution in [3.8, 4) is 0 Å². The van der Waals surface area contributed by atoms with E-state index >= 15 is 0 Å². The van der Waals surface area contributed by atoms with Gasteiger partial charge in [-0.3, -0.25) is 9.59 Å². The Bertz CT molecular complexity index is 522. The largest absolute Gasteiger partial charge is 0.355 e. The Kier molecular flexibility index (Phi) is 9.52. The van der Waals surface area contributed by atoms with Gasteiger partial charge < -0.3 is 15.2 Å². The molecule has 5 nitrogen and oxygen atoms in total. The van der Waals surface area contributed by atoms with Gasteiger partial charge >= 0.3 is 4.87 Å². The highest BCUT2D eigenvalue weighted by molar-refractivity contribution is 7.07.